The molecule has 19 heavy (non-hydrogen) atoms. The van der Waals surface area contributed by atoms with Gasteiger partial charge in [-0.3, -0.25) is 0 Å². The van der Waals surface area contributed by atoms with Crippen LogP contribution >= 0.6 is 0 Å². The van der Waals surface area contributed by atoms with Crippen molar-refractivity contribution in [1.29, 1.82) is 0 Å². The van der Waals surface area contributed by atoms with Crippen molar-refractivity contribution in [3.63, 3.8) is 0 Å². The van der Waals surface area contributed by atoms with Gasteiger partial charge in [0.15, 0.2) is 11.5 Å². The van der Waals surface area contributed by atoms with Crippen molar-refractivity contribution in [1.82, 2.24) is 9.97 Å². The molecule has 0 bridgehead atoms. The molecule has 1 aromatic heterocycles. The van der Waals surface area contributed by atoms with Gasteiger partial charge >= 0.3 is 0 Å². The summed E-state index contributed by atoms with van der Waals surface area (Å²) in [7, 11) is 1.82. The maximum atomic E-state index is 5.34. The molecule has 2 aromatic rings. The van der Waals surface area contributed by atoms with Crippen molar-refractivity contribution in [2.75, 3.05) is 24.5 Å². The van der Waals surface area contributed by atoms with Crippen LogP contribution in [0.4, 0.5) is 11.6 Å². The Morgan fingerprint density at radius 1 is 1.11 bits per heavy atom. The van der Waals surface area contributed by atoms with Crippen molar-refractivity contribution in [2.45, 2.75) is 6.54 Å². The zero-order chi connectivity index (χ0) is 13.1. The number of anilines is 2. The molecule has 0 atom stereocenters. The van der Waals surface area contributed by atoms with Crippen LogP contribution in [-0.4, -0.2) is 23.8 Å². The highest BCUT2D eigenvalue weighted by Crippen LogP contribution is 2.32. The van der Waals surface area contributed by atoms with Gasteiger partial charge in [0, 0.05) is 19.7 Å². The minimum absolute atomic E-state index is 0.295. The molecule has 1 aromatic carbocycles. The third-order valence-corrected chi connectivity index (χ3v) is 2.83. The van der Waals surface area contributed by atoms with E-state index in [4.69, 9.17) is 9.47 Å². The summed E-state index contributed by atoms with van der Waals surface area (Å²) in [6, 6.07) is 7.74. The first-order chi connectivity index (χ1) is 9.35. The Hall–Kier alpha value is -2.50. The third-order valence-electron chi connectivity index (χ3n) is 2.83. The fraction of sp³-hybridized carbons (Fsp3) is 0.231. The van der Waals surface area contributed by atoms with Crippen LogP contribution < -0.4 is 20.1 Å². The van der Waals surface area contributed by atoms with Crippen LogP contribution in [0.15, 0.2) is 30.6 Å². The van der Waals surface area contributed by atoms with E-state index in [-0.39, 0.29) is 0 Å². The number of hydrogen-bond donors (Lipinski definition) is 2. The van der Waals surface area contributed by atoms with Gasteiger partial charge in [-0.1, -0.05) is 6.07 Å². The molecule has 0 amide bonds. The number of aromatic nitrogens is 2. The largest absolute Gasteiger partial charge is 0.454 e. The molecule has 0 fully saturated rings. The van der Waals surface area contributed by atoms with Crippen LogP contribution in [0.1, 0.15) is 5.56 Å². The predicted molar refractivity (Wildman–Crippen MR) is 71.5 cm³/mol. The molecule has 6 nitrogen and oxygen atoms in total. The molecule has 2 N–H and O–H groups in total. The highest BCUT2D eigenvalue weighted by molar-refractivity contribution is 5.48. The summed E-state index contributed by atoms with van der Waals surface area (Å²) < 4.78 is 10.6. The zero-order valence-corrected chi connectivity index (χ0v) is 10.5. The molecular weight excluding hydrogens is 244 g/mol. The SMILES string of the molecule is CNc1cc(NCc2ccc3c(c2)OCO3)ncn1. The van der Waals surface area contributed by atoms with Crippen LogP contribution in [0.3, 0.4) is 0 Å². The van der Waals surface area contributed by atoms with Crippen LogP contribution in [0.2, 0.25) is 0 Å². The molecule has 3 rings (SSSR count). The summed E-state index contributed by atoms with van der Waals surface area (Å²) in [4.78, 5) is 8.22. The fourth-order valence-corrected chi connectivity index (χ4v) is 1.83. The summed E-state index contributed by atoms with van der Waals surface area (Å²) in [6.45, 7) is 0.959. The number of rotatable bonds is 4. The maximum Gasteiger partial charge on any atom is 0.231 e. The summed E-state index contributed by atoms with van der Waals surface area (Å²) in [5.74, 6) is 3.14. The standard InChI is InChI=1S/C13H14N4O2/c1-14-12-5-13(17-7-16-12)15-6-9-2-3-10-11(4-9)19-8-18-10/h2-5,7H,6,8H2,1H3,(H2,14,15,16,17). The van der Waals surface area contributed by atoms with Crippen molar-refractivity contribution < 1.29 is 9.47 Å². The highest BCUT2D eigenvalue weighted by atomic mass is 16.7. The topological polar surface area (TPSA) is 68.3 Å². The van der Waals surface area contributed by atoms with E-state index in [0.29, 0.717) is 13.3 Å². The average molecular weight is 258 g/mol. The van der Waals surface area contributed by atoms with Gasteiger partial charge in [-0.2, -0.15) is 0 Å². The molecule has 98 valence electrons. The molecule has 2 heterocycles. The minimum Gasteiger partial charge on any atom is -0.454 e. The first-order valence-electron chi connectivity index (χ1n) is 5.97. The van der Waals surface area contributed by atoms with E-state index >= 15 is 0 Å². The highest BCUT2D eigenvalue weighted by Gasteiger charge is 2.12. The van der Waals surface area contributed by atoms with E-state index in [9.17, 15) is 0 Å². The molecule has 0 saturated heterocycles. The summed E-state index contributed by atoms with van der Waals surface area (Å²) >= 11 is 0. The van der Waals surface area contributed by atoms with Gasteiger partial charge in [0.05, 0.1) is 0 Å². The van der Waals surface area contributed by atoms with E-state index in [1.807, 2.05) is 31.3 Å². The second-order valence-electron chi connectivity index (χ2n) is 4.08. The van der Waals surface area contributed by atoms with E-state index < -0.39 is 0 Å². The Labute approximate surface area is 110 Å². The Morgan fingerprint density at radius 2 is 1.95 bits per heavy atom. The number of benzene rings is 1. The lowest BCUT2D eigenvalue weighted by Gasteiger charge is -2.07. The Kier molecular flexibility index (Phi) is 3.06. The lowest BCUT2D eigenvalue weighted by molar-refractivity contribution is 0.174. The Morgan fingerprint density at radius 3 is 2.84 bits per heavy atom. The van der Waals surface area contributed by atoms with Crippen molar-refractivity contribution in [3.05, 3.63) is 36.2 Å². The monoisotopic (exact) mass is 258 g/mol. The van der Waals surface area contributed by atoms with Gasteiger partial charge in [0.25, 0.3) is 0 Å². The number of nitrogens with zero attached hydrogens (tertiary/aromatic N) is 2. The average Bonchev–Trinajstić information content (AvgIpc) is 2.93. The predicted octanol–water partition coefficient (Wildman–Crippen LogP) is 1.86. The quantitative estimate of drug-likeness (QED) is 0.872. The molecule has 0 aliphatic carbocycles. The second-order valence-corrected chi connectivity index (χ2v) is 4.08. The van der Waals surface area contributed by atoms with Crippen LogP contribution in [0.25, 0.3) is 0 Å². The smallest absolute Gasteiger partial charge is 0.231 e. The number of fused-ring (bicyclic) bond motifs is 1. The molecular formula is C13H14N4O2. The molecule has 1 aliphatic heterocycles. The van der Waals surface area contributed by atoms with Gasteiger partial charge in [-0.15, -0.1) is 0 Å². The van der Waals surface area contributed by atoms with Gasteiger partial charge in [0.1, 0.15) is 18.0 Å². The van der Waals surface area contributed by atoms with E-state index in [2.05, 4.69) is 20.6 Å². The van der Waals surface area contributed by atoms with Crippen LogP contribution in [0, 0.1) is 0 Å². The maximum absolute atomic E-state index is 5.34. The zero-order valence-electron chi connectivity index (χ0n) is 10.5. The lowest BCUT2D eigenvalue weighted by Crippen LogP contribution is -2.03. The molecule has 0 radical (unpaired) electrons. The van der Waals surface area contributed by atoms with E-state index in [0.717, 1.165) is 28.7 Å². The van der Waals surface area contributed by atoms with Crippen LogP contribution in [-0.2, 0) is 6.54 Å². The second kappa shape index (κ2) is 5.01. The third kappa shape index (κ3) is 2.52. The molecule has 1 aliphatic rings. The Balaban J connectivity index is 1.68. The summed E-state index contributed by atoms with van der Waals surface area (Å²) in [5.41, 5.74) is 1.11. The van der Waals surface area contributed by atoms with Gasteiger partial charge in [0.2, 0.25) is 6.79 Å². The van der Waals surface area contributed by atoms with Gasteiger partial charge in [-0.25, -0.2) is 9.97 Å². The number of hydrogen-bond acceptors (Lipinski definition) is 6. The van der Waals surface area contributed by atoms with Crippen molar-refractivity contribution >= 4 is 11.6 Å². The van der Waals surface area contributed by atoms with Gasteiger partial charge < -0.3 is 20.1 Å². The minimum atomic E-state index is 0.295. The van der Waals surface area contributed by atoms with E-state index in [1.54, 1.807) is 0 Å². The number of ether oxygens (including phenoxy) is 2. The van der Waals surface area contributed by atoms with Crippen molar-refractivity contribution in [3.8, 4) is 11.5 Å². The molecule has 0 spiro atoms. The molecule has 0 unspecified atom stereocenters. The first-order valence-corrected chi connectivity index (χ1v) is 5.97. The Bertz CT molecular complexity index is 589. The first kappa shape index (κ1) is 11.6. The molecule has 0 saturated carbocycles. The fourth-order valence-electron chi connectivity index (χ4n) is 1.83. The van der Waals surface area contributed by atoms with Gasteiger partial charge in [-0.05, 0) is 17.7 Å². The van der Waals surface area contributed by atoms with Crippen molar-refractivity contribution in [2.24, 2.45) is 0 Å². The normalized spacial score (nSPS) is 12.3. The van der Waals surface area contributed by atoms with E-state index in [1.165, 1.54) is 6.33 Å². The lowest BCUT2D eigenvalue weighted by atomic mass is 10.2. The molecule has 6 heteroatoms. The summed E-state index contributed by atoms with van der Waals surface area (Å²) in [5, 5.41) is 6.21. The summed E-state index contributed by atoms with van der Waals surface area (Å²) in [6.07, 6.45) is 1.52. The van der Waals surface area contributed by atoms with Crippen LogP contribution in [0.5, 0.6) is 11.5 Å². The number of nitrogens with one attached hydrogen (secondary N) is 2.